The van der Waals surface area contributed by atoms with Crippen LogP contribution >= 0.6 is 11.8 Å². The maximum Gasteiger partial charge on any atom is 0.227 e. The normalized spacial score (nSPS) is 9.85. The van der Waals surface area contributed by atoms with E-state index in [9.17, 15) is 4.79 Å². The number of carbonyl (C=O) groups is 1. The third kappa shape index (κ3) is 3.85. The molecule has 1 amide bonds. The van der Waals surface area contributed by atoms with E-state index in [1.54, 1.807) is 0 Å². The quantitative estimate of drug-likeness (QED) is 0.705. The highest BCUT2D eigenvalue weighted by molar-refractivity contribution is 7.99. The lowest BCUT2D eigenvalue weighted by Gasteiger charge is -1.99. The van der Waals surface area contributed by atoms with Crippen molar-refractivity contribution in [2.24, 2.45) is 5.73 Å². The van der Waals surface area contributed by atoms with Gasteiger partial charge in [-0.1, -0.05) is 12.1 Å². The number of amides is 1. The zero-order valence-electron chi connectivity index (χ0n) is 7.19. The summed E-state index contributed by atoms with van der Waals surface area (Å²) in [5.41, 5.74) is 12.4. The summed E-state index contributed by atoms with van der Waals surface area (Å²) in [4.78, 5) is 10.4. The lowest BCUT2D eigenvalue weighted by Crippen LogP contribution is -2.13. The first-order valence-corrected chi connectivity index (χ1v) is 5.04. The maximum atomic E-state index is 10.4. The van der Waals surface area contributed by atoms with Crippen LogP contribution in [0, 0.1) is 0 Å². The second kappa shape index (κ2) is 4.77. The van der Waals surface area contributed by atoms with Crippen molar-refractivity contribution in [2.45, 2.75) is 5.75 Å². The number of hydrogen-bond acceptors (Lipinski definition) is 3. The first-order chi connectivity index (χ1) is 6.18. The minimum atomic E-state index is -0.277. The SMILES string of the molecule is NC(=O)CSCc1ccc(N)cc1. The Morgan fingerprint density at radius 2 is 1.92 bits per heavy atom. The van der Waals surface area contributed by atoms with E-state index >= 15 is 0 Å². The number of carbonyl (C=O) groups excluding carboxylic acids is 1. The van der Waals surface area contributed by atoms with E-state index in [4.69, 9.17) is 11.5 Å². The largest absolute Gasteiger partial charge is 0.399 e. The van der Waals surface area contributed by atoms with Gasteiger partial charge in [-0.3, -0.25) is 4.79 Å². The molecule has 1 rings (SSSR count). The molecule has 0 aromatic heterocycles. The zero-order valence-corrected chi connectivity index (χ0v) is 8.01. The molecule has 4 heteroatoms. The molecular weight excluding hydrogens is 184 g/mol. The van der Waals surface area contributed by atoms with Gasteiger partial charge in [-0.15, -0.1) is 11.8 Å². The van der Waals surface area contributed by atoms with E-state index in [1.165, 1.54) is 11.8 Å². The molecule has 0 saturated heterocycles. The second-order valence-electron chi connectivity index (χ2n) is 2.70. The number of rotatable bonds is 4. The first-order valence-electron chi connectivity index (χ1n) is 3.89. The first kappa shape index (κ1) is 9.92. The molecule has 0 aliphatic carbocycles. The van der Waals surface area contributed by atoms with Gasteiger partial charge in [0.25, 0.3) is 0 Å². The zero-order chi connectivity index (χ0) is 9.68. The highest BCUT2D eigenvalue weighted by Gasteiger charge is 1.96. The van der Waals surface area contributed by atoms with Crippen LogP contribution in [0.5, 0.6) is 0 Å². The molecule has 0 spiro atoms. The molecule has 0 heterocycles. The van der Waals surface area contributed by atoms with Crippen LogP contribution in [-0.4, -0.2) is 11.7 Å². The van der Waals surface area contributed by atoms with Gasteiger partial charge >= 0.3 is 0 Å². The van der Waals surface area contributed by atoms with Gasteiger partial charge in [-0.05, 0) is 17.7 Å². The van der Waals surface area contributed by atoms with Crippen LogP contribution in [0.15, 0.2) is 24.3 Å². The monoisotopic (exact) mass is 196 g/mol. The van der Waals surface area contributed by atoms with Gasteiger partial charge in [0.2, 0.25) is 5.91 Å². The second-order valence-corrected chi connectivity index (χ2v) is 3.69. The molecule has 0 saturated carbocycles. The van der Waals surface area contributed by atoms with Gasteiger partial charge in [-0.2, -0.15) is 0 Å². The molecule has 13 heavy (non-hydrogen) atoms. The Kier molecular flexibility index (Phi) is 3.64. The molecule has 4 N–H and O–H groups in total. The molecule has 0 unspecified atom stereocenters. The predicted octanol–water partition coefficient (Wildman–Crippen LogP) is 0.987. The van der Waals surface area contributed by atoms with Gasteiger partial charge in [0.1, 0.15) is 0 Å². The molecule has 0 fully saturated rings. The van der Waals surface area contributed by atoms with Crippen LogP contribution in [0.25, 0.3) is 0 Å². The van der Waals surface area contributed by atoms with E-state index in [-0.39, 0.29) is 5.91 Å². The fourth-order valence-corrected chi connectivity index (χ4v) is 1.61. The van der Waals surface area contributed by atoms with Crippen LogP contribution < -0.4 is 11.5 Å². The summed E-state index contributed by atoms with van der Waals surface area (Å²) in [6, 6.07) is 7.59. The van der Waals surface area contributed by atoms with E-state index in [0.29, 0.717) is 5.75 Å². The Labute approximate surface area is 81.5 Å². The van der Waals surface area contributed by atoms with Gasteiger partial charge in [0, 0.05) is 11.4 Å². The van der Waals surface area contributed by atoms with E-state index in [1.807, 2.05) is 24.3 Å². The average molecular weight is 196 g/mol. The van der Waals surface area contributed by atoms with Crippen molar-refractivity contribution in [3.05, 3.63) is 29.8 Å². The Morgan fingerprint density at radius 3 is 2.46 bits per heavy atom. The lowest BCUT2D eigenvalue weighted by molar-refractivity contribution is -0.115. The van der Waals surface area contributed by atoms with Crippen LogP contribution in [-0.2, 0) is 10.5 Å². The van der Waals surface area contributed by atoms with Crippen LogP contribution in [0.2, 0.25) is 0 Å². The fraction of sp³-hybridized carbons (Fsp3) is 0.222. The van der Waals surface area contributed by atoms with Crippen molar-refractivity contribution >= 4 is 23.4 Å². The number of benzene rings is 1. The summed E-state index contributed by atoms with van der Waals surface area (Å²) in [5, 5.41) is 0. The summed E-state index contributed by atoms with van der Waals surface area (Å²) in [5.74, 6) is 0.883. The lowest BCUT2D eigenvalue weighted by atomic mass is 10.2. The molecule has 1 aromatic carbocycles. The molecule has 0 aliphatic rings. The smallest absolute Gasteiger partial charge is 0.227 e. The Morgan fingerprint density at radius 1 is 1.31 bits per heavy atom. The Balaban J connectivity index is 2.37. The van der Waals surface area contributed by atoms with Crippen molar-refractivity contribution in [1.82, 2.24) is 0 Å². The van der Waals surface area contributed by atoms with Crippen molar-refractivity contribution in [2.75, 3.05) is 11.5 Å². The van der Waals surface area contributed by atoms with Crippen molar-refractivity contribution in [1.29, 1.82) is 0 Å². The van der Waals surface area contributed by atoms with Crippen molar-refractivity contribution in [3.63, 3.8) is 0 Å². The highest BCUT2D eigenvalue weighted by Crippen LogP contribution is 2.13. The minimum Gasteiger partial charge on any atom is -0.399 e. The molecule has 1 aromatic rings. The number of primary amides is 1. The summed E-state index contributed by atoms with van der Waals surface area (Å²) < 4.78 is 0. The Hall–Kier alpha value is -1.16. The third-order valence-corrected chi connectivity index (χ3v) is 2.52. The van der Waals surface area contributed by atoms with Gasteiger partial charge in [-0.25, -0.2) is 0 Å². The predicted molar refractivity (Wildman–Crippen MR) is 56.2 cm³/mol. The van der Waals surface area contributed by atoms with Gasteiger partial charge in [0.05, 0.1) is 5.75 Å². The molecule has 0 bridgehead atoms. The van der Waals surface area contributed by atoms with Crippen LogP contribution in [0.4, 0.5) is 5.69 Å². The molecule has 70 valence electrons. The van der Waals surface area contributed by atoms with Crippen LogP contribution in [0.1, 0.15) is 5.56 Å². The molecule has 0 aliphatic heterocycles. The van der Waals surface area contributed by atoms with Crippen molar-refractivity contribution in [3.8, 4) is 0 Å². The van der Waals surface area contributed by atoms with Crippen LogP contribution in [0.3, 0.4) is 0 Å². The number of anilines is 1. The summed E-state index contributed by atoms with van der Waals surface area (Å²) >= 11 is 1.50. The molecule has 3 nitrogen and oxygen atoms in total. The number of nitrogens with two attached hydrogens (primary N) is 2. The molecule has 0 atom stereocenters. The highest BCUT2D eigenvalue weighted by atomic mass is 32.2. The average Bonchev–Trinajstić information content (AvgIpc) is 2.08. The third-order valence-electron chi connectivity index (χ3n) is 1.49. The Bertz CT molecular complexity index is 284. The fourth-order valence-electron chi connectivity index (χ4n) is 0.883. The number of hydrogen-bond donors (Lipinski definition) is 2. The number of nitrogen functional groups attached to an aromatic ring is 1. The molecule has 0 radical (unpaired) electrons. The van der Waals surface area contributed by atoms with Crippen molar-refractivity contribution < 1.29 is 4.79 Å². The topological polar surface area (TPSA) is 69.1 Å². The van der Waals surface area contributed by atoms with Gasteiger partial charge < -0.3 is 11.5 Å². The van der Waals surface area contributed by atoms with E-state index in [2.05, 4.69) is 0 Å². The van der Waals surface area contributed by atoms with Gasteiger partial charge in [0.15, 0.2) is 0 Å². The maximum absolute atomic E-state index is 10.4. The summed E-state index contributed by atoms with van der Waals surface area (Å²) in [6.07, 6.45) is 0. The molecular formula is C9H12N2OS. The van der Waals surface area contributed by atoms with E-state index in [0.717, 1.165) is 17.0 Å². The summed E-state index contributed by atoms with van der Waals surface area (Å²) in [6.45, 7) is 0. The standard InChI is InChI=1S/C9H12N2OS/c10-8-3-1-7(2-4-8)5-13-6-9(11)12/h1-4H,5-6,10H2,(H2,11,12). The number of thioether (sulfide) groups is 1. The minimum absolute atomic E-state index is 0.277. The summed E-state index contributed by atoms with van der Waals surface area (Å²) in [7, 11) is 0. The van der Waals surface area contributed by atoms with E-state index < -0.39 is 0 Å².